The topological polar surface area (TPSA) is 38.0 Å². The molecule has 3 N–H and O–H groups in total. The minimum atomic E-state index is -2.56. The van der Waals surface area contributed by atoms with E-state index in [2.05, 4.69) is 5.32 Å². The molecule has 0 aliphatic carbocycles. The Morgan fingerprint density at radius 2 is 1.78 bits per heavy atom. The molecular formula is C14H14F2N2. The van der Waals surface area contributed by atoms with Crippen LogP contribution in [0.4, 0.5) is 25.8 Å². The van der Waals surface area contributed by atoms with E-state index >= 15 is 0 Å². The van der Waals surface area contributed by atoms with Crippen LogP contribution in [-0.2, 0) is 0 Å². The number of hydrogen-bond acceptors (Lipinski definition) is 2. The fourth-order valence-corrected chi connectivity index (χ4v) is 1.73. The lowest BCUT2D eigenvalue weighted by atomic mass is 10.1. The van der Waals surface area contributed by atoms with Crippen molar-refractivity contribution in [3.05, 3.63) is 53.6 Å². The number of nitrogens with one attached hydrogen (secondary N) is 1. The van der Waals surface area contributed by atoms with E-state index in [1.165, 1.54) is 6.07 Å². The molecule has 0 aliphatic rings. The average molecular weight is 248 g/mol. The van der Waals surface area contributed by atoms with Crippen LogP contribution >= 0.6 is 0 Å². The van der Waals surface area contributed by atoms with Gasteiger partial charge in [-0.15, -0.1) is 0 Å². The molecule has 0 fully saturated rings. The summed E-state index contributed by atoms with van der Waals surface area (Å²) < 4.78 is 25.8. The quantitative estimate of drug-likeness (QED) is 0.796. The Kier molecular flexibility index (Phi) is 3.46. The first kappa shape index (κ1) is 12.4. The van der Waals surface area contributed by atoms with Crippen molar-refractivity contribution in [2.75, 3.05) is 11.1 Å². The largest absolute Gasteiger partial charge is 0.399 e. The van der Waals surface area contributed by atoms with Crippen LogP contribution in [0.15, 0.2) is 42.5 Å². The number of alkyl halides is 2. The van der Waals surface area contributed by atoms with E-state index in [-0.39, 0.29) is 5.56 Å². The average Bonchev–Trinajstić information content (AvgIpc) is 2.34. The lowest BCUT2D eigenvalue weighted by Crippen LogP contribution is -1.99. The van der Waals surface area contributed by atoms with Crippen molar-refractivity contribution >= 4 is 17.1 Å². The van der Waals surface area contributed by atoms with Crippen molar-refractivity contribution in [1.82, 2.24) is 0 Å². The number of anilines is 3. The summed E-state index contributed by atoms with van der Waals surface area (Å²) in [6.45, 7) is 1.92. The lowest BCUT2D eigenvalue weighted by molar-refractivity contribution is 0.152. The first-order valence-electron chi connectivity index (χ1n) is 5.58. The minimum absolute atomic E-state index is 0.0850. The van der Waals surface area contributed by atoms with Crippen molar-refractivity contribution in [2.24, 2.45) is 0 Å². The molecule has 0 aromatic heterocycles. The summed E-state index contributed by atoms with van der Waals surface area (Å²) in [6, 6.07) is 12.0. The molecule has 4 heteroatoms. The Hall–Kier alpha value is -2.10. The fraction of sp³-hybridized carbons (Fsp3) is 0.143. The van der Waals surface area contributed by atoms with Crippen molar-refractivity contribution in [1.29, 1.82) is 0 Å². The van der Waals surface area contributed by atoms with Gasteiger partial charge < -0.3 is 11.1 Å². The van der Waals surface area contributed by atoms with E-state index in [9.17, 15) is 8.78 Å². The summed E-state index contributed by atoms with van der Waals surface area (Å²) in [5.41, 5.74) is 7.96. The zero-order valence-electron chi connectivity index (χ0n) is 9.95. The molecule has 0 bridgehead atoms. The summed E-state index contributed by atoms with van der Waals surface area (Å²) in [7, 11) is 0. The number of halogens is 2. The predicted molar refractivity (Wildman–Crippen MR) is 70.3 cm³/mol. The SMILES string of the molecule is Cc1ccccc1Nc1ccc(N)cc1C(F)F. The summed E-state index contributed by atoms with van der Waals surface area (Å²) in [5.74, 6) is 0. The van der Waals surface area contributed by atoms with Crippen LogP contribution in [0.2, 0.25) is 0 Å². The Morgan fingerprint density at radius 3 is 2.44 bits per heavy atom. The molecule has 0 heterocycles. The normalized spacial score (nSPS) is 10.7. The Labute approximate surface area is 104 Å². The number of para-hydroxylation sites is 1. The van der Waals surface area contributed by atoms with Crippen molar-refractivity contribution < 1.29 is 8.78 Å². The molecule has 2 nitrogen and oxygen atoms in total. The van der Waals surface area contributed by atoms with E-state index < -0.39 is 6.43 Å². The van der Waals surface area contributed by atoms with Gasteiger partial charge in [0.15, 0.2) is 0 Å². The monoisotopic (exact) mass is 248 g/mol. The number of nitrogens with two attached hydrogens (primary N) is 1. The standard InChI is InChI=1S/C14H14F2N2/c1-9-4-2-3-5-12(9)18-13-7-6-10(17)8-11(13)14(15)16/h2-8,14,18H,17H2,1H3. The smallest absolute Gasteiger partial charge is 0.265 e. The summed E-state index contributed by atoms with van der Waals surface area (Å²) >= 11 is 0. The zero-order valence-corrected chi connectivity index (χ0v) is 9.95. The van der Waals surface area contributed by atoms with Gasteiger partial charge in [0, 0.05) is 22.6 Å². The molecule has 0 aliphatic heterocycles. The molecule has 2 aromatic carbocycles. The number of hydrogen-bond donors (Lipinski definition) is 2. The highest BCUT2D eigenvalue weighted by Gasteiger charge is 2.13. The highest BCUT2D eigenvalue weighted by atomic mass is 19.3. The van der Waals surface area contributed by atoms with E-state index in [0.29, 0.717) is 11.4 Å². The Morgan fingerprint density at radius 1 is 1.06 bits per heavy atom. The van der Waals surface area contributed by atoms with Gasteiger partial charge in [-0.3, -0.25) is 0 Å². The van der Waals surface area contributed by atoms with Gasteiger partial charge in [0.25, 0.3) is 6.43 Å². The number of benzene rings is 2. The fourth-order valence-electron chi connectivity index (χ4n) is 1.73. The van der Waals surface area contributed by atoms with Crippen LogP contribution in [0.5, 0.6) is 0 Å². The van der Waals surface area contributed by atoms with Crippen LogP contribution in [0.3, 0.4) is 0 Å². The van der Waals surface area contributed by atoms with Gasteiger partial charge in [-0.2, -0.15) is 0 Å². The van der Waals surface area contributed by atoms with Crippen LogP contribution in [0.25, 0.3) is 0 Å². The number of nitrogen functional groups attached to an aromatic ring is 1. The third-order valence-electron chi connectivity index (χ3n) is 2.73. The lowest BCUT2D eigenvalue weighted by Gasteiger charge is -2.14. The van der Waals surface area contributed by atoms with Crippen molar-refractivity contribution in [3.63, 3.8) is 0 Å². The molecule has 18 heavy (non-hydrogen) atoms. The first-order valence-corrected chi connectivity index (χ1v) is 5.58. The first-order chi connectivity index (χ1) is 8.58. The van der Waals surface area contributed by atoms with Gasteiger partial charge in [0.1, 0.15) is 0 Å². The summed E-state index contributed by atoms with van der Waals surface area (Å²) in [4.78, 5) is 0. The van der Waals surface area contributed by atoms with E-state index in [0.717, 1.165) is 11.3 Å². The van der Waals surface area contributed by atoms with E-state index in [1.807, 2.05) is 31.2 Å². The van der Waals surface area contributed by atoms with Gasteiger partial charge in [-0.1, -0.05) is 18.2 Å². The molecule has 0 saturated carbocycles. The zero-order chi connectivity index (χ0) is 13.1. The predicted octanol–water partition coefficient (Wildman–Crippen LogP) is 4.26. The van der Waals surface area contributed by atoms with Crippen molar-refractivity contribution in [2.45, 2.75) is 13.3 Å². The van der Waals surface area contributed by atoms with Crippen LogP contribution < -0.4 is 11.1 Å². The summed E-state index contributed by atoms with van der Waals surface area (Å²) in [5, 5.41) is 3.01. The molecule has 0 radical (unpaired) electrons. The molecule has 94 valence electrons. The van der Waals surface area contributed by atoms with Crippen molar-refractivity contribution in [3.8, 4) is 0 Å². The molecule has 0 amide bonds. The van der Waals surface area contributed by atoms with Crippen LogP contribution in [0, 0.1) is 6.92 Å². The second kappa shape index (κ2) is 5.04. The van der Waals surface area contributed by atoms with E-state index in [4.69, 9.17) is 5.73 Å². The number of aryl methyl sites for hydroxylation is 1. The highest BCUT2D eigenvalue weighted by molar-refractivity contribution is 5.68. The van der Waals surface area contributed by atoms with Gasteiger partial charge in [-0.25, -0.2) is 8.78 Å². The van der Waals surface area contributed by atoms with Gasteiger partial charge >= 0.3 is 0 Å². The Bertz CT molecular complexity index is 553. The molecule has 0 spiro atoms. The maximum absolute atomic E-state index is 12.9. The number of rotatable bonds is 3. The maximum atomic E-state index is 12.9. The van der Waals surface area contributed by atoms with Gasteiger partial charge in [0.05, 0.1) is 0 Å². The van der Waals surface area contributed by atoms with E-state index in [1.54, 1.807) is 12.1 Å². The molecule has 0 saturated heterocycles. The van der Waals surface area contributed by atoms with Gasteiger partial charge in [0.2, 0.25) is 0 Å². The van der Waals surface area contributed by atoms with Crippen LogP contribution in [-0.4, -0.2) is 0 Å². The molecule has 2 rings (SSSR count). The third kappa shape index (κ3) is 2.59. The molecule has 0 atom stereocenters. The van der Waals surface area contributed by atoms with Gasteiger partial charge in [-0.05, 0) is 36.8 Å². The maximum Gasteiger partial charge on any atom is 0.265 e. The molecule has 2 aromatic rings. The highest BCUT2D eigenvalue weighted by Crippen LogP contribution is 2.31. The third-order valence-corrected chi connectivity index (χ3v) is 2.73. The van der Waals surface area contributed by atoms with Crippen LogP contribution in [0.1, 0.15) is 17.6 Å². The second-order valence-electron chi connectivity index (χ2n) is 4.09. The molecular weight excluding hydrogens is 234 g/mol. The summed E-state index contributed by atoms with van der Waals surface area (Å²) in [6.07, 6.45) is -2.56. The minimum Gasteiger partial charge on any atom is -0.399 e. The Balaban J connectivity index is 2.37. The second-order valence-corrected chi connectivity index (χ2v) is 4.09. The molecule has 0 unspecified atom stereocenters.